The molecule has 0 aromatic carbocycles. The molecular weight excluding hydrogens is 178 g/mol. The van der Waals surface area contributed by atoms with Gasteiger partial charge in [-0.1, -0.05) is 15.9 Å². The molecule has 9 heavy (non-hydrogen) atoms. The molecule has 1 heterocycles. The first-order valence-corrected chi connectivity index (χ1v) is 4.82. The summed E-state index contributed by atoms with van der Waals surface area (Å²) >= 11 is 3.49. The second-order valence-electron chi connectivity index (χ2n) is 3.21. The Bertz CT molecular complexity index is 111. The maximum Gasteiger partial charge on any atom is 0.0320 e. The van der Waals surface area contributed by atoms with Crippen molar-refractivity contribution >= 4 is 15.9 Å². The van der Waals surface area contributed by atoms with Gasteiger partial charge in [-0.05, 0) is 18.8 Å². The number of hydrogen-bond acceptors (Lipinski definition) is 1. The lowest BCUT2D eigenvalue weighted by Gasteiger charge is -1.96. The number of alkyl halides is 1. The zero-order valence-corrected chi connectivity index (χ0v) is 7.10. The van der Waals surface area contributed by atoms with E-state index in [0.29, 0.717) is 0 Å². The summed E-state index contributed by atoms with van der Waals surface area (Å²) in [5.74, 6) is 1.08. The summed E-state index contributed by atoms with van der Waals surface area (Å²) in [7, 11) is 0. The zero-order chi connectivity index (χ0) is 6.27. The van der Waals surface area contributed by atoms with Gasteiger partial charge in [0.05, 0.1) is 0 Å². The third-order valence-electron chi connectivity index (χ3n) is 2.20. The minimum absolute atomic E-state index is 0.894. The summed E-state index contributed by atoms with van der Waals surface area (Å²) in [6.45, 7) is 2.73. The van der Waals surface area contributed by atoms with Crippen LogP contribution in [0.4, 0.5) is 0 Å². The molecule has 2 fully saturated rings. The van der Waals surface area contributed by atoms with Crippen molar-refractivity contribution < 1.29 is 0 Å². The molecule has 1 aliphatic carbocycles. The van der Waals surface area contributed by atoms with Gasteiger partial charge in [-0.3, -0.25) is 4.90 Å². The molecule has 2 atom stereocenters. The molecule has 0 aromatic heterocycles. The molecule has 1 nitrogen and oxygen atoms in total. The topological polar surface area (TPSA) is 3.01 Å². The van der Waals surface area contributed by atoms with Crippen LogP contribution in [-0.2, 0) is 0 Å². The molecular formula is C7H12BrN. The minimum Gasteiger partial charge on any atom is -0.296 e. The van der Waals surface area contributed by atoms with Crippen molar-refractivity contribution in [3.05, 3.63) is 0 Å². The van der Waals surface area contributed by atoms with Crippen molar-refractivity contribution in [1.82, 2.24) is 4.90 Å². The molecule has 0 aromatic rings. The first-order chi connectivity index (χ1) is 4.40. The predicted octanol–water partition coefficient (Wildman–Crippen LogP) is 1.48. The van der Waals surface area contributed by atoms with Crippen LogP contribution in [-0.4, -0.2) is 29.4 Å². The maximum absolute atomic E-state index is 3.49. The van der Waals surface area contributed by atoms with E-state index in [-0.39, 0.29) is 0 Å². The number of rotatable bonds is 3. The smallest absolute Gasteiger partial charge is 0.0320 e. The molecule has 52 valence electrons. The molecule has 0 N–H and O–H groups in total. The highest BCUT2D eigenvalue weighted by atomic mass is 79.9. The van der Waals surface area contributed by atoms with Crippen molar-refractivity contribution in [1.29, 1.82) is 0 Å². The Labute approximate surface area is 64.5 Å². The molecule has 2 aliphatic rings. The molecule has 0 amide bonds. The highest BCUT2D eigenvalue weighted by Gasteiger charge is 2.36. The number of halogens is 1. The van der Waals surface area contributed by atoms with Gasteiger partial charge >= 0.3 is 0 Å². The summed E-state index contributed by atoms with van der Waals surface area (Å²) < 4.78 is 0. The highest BCUT2D eigenvalue weighted by molar-refractivity contribution is 9.09. The van der Waals surface area contributed by atoms with Crippen molar-refractivity contribution in [2.24, 2.45) is 5.92 Å². The van der Waals surface area contributed by atoms with Gasteiger partial charge in [-0.25, -0.2) is 0 Å². The van der Waals surface area contributed by atoms with Gasteiger partial charge in [0, 0.05) is 24.5 Å². The summed E-state index contributed by atoms with van der Waals surface area (Å²) in [5.41, 5.74) is 0. The van der Waals surface area contributed by atoms with E-state index in [2.05, 4.69) is 20.8 Å². The van der Waals surface area contributed by atoms with E-state index in [1.165, 1.54) is 31.3 Å². The zero-order valence-electron chi connectivity index (χ0n) is 5.52. The van der Waals surface area contributed by atoms with E-state index in [1.807, 2.05) is 0 Å². The van der Waals surface area contributed by atoms with Gasteiger partial charge < -0.3 is 0 Å². The average Bonchev–Trinajstić information content (AvgIpc) is 2.66. The lowest BCUT2D eigenvalue weighted by molar-refractivity contribution is 0.490. The normalized spacial score (nSPS) is 41.0. The van der Waals surface area contributed by atoms with Gasteiger partial charge in [0.15, 0.2) is 0 Å². The molecule has 1 saturated heterocycles. The van der Waals surface area contributed by atoms with Crippen molar-refractivity contribution in [2.45, 2.75) is 18.9 Å². The fourth-order valence-electron chi connectivity index (χ4n) is 1.23. The SMILES string of the molecule is BrC[C@H]1CN1CC1CC1. The summed E-state index contributed by atoms with van der Waals surface area (Å²) in [6.07, 6.45) is 2.98. The van der Waals surface area contributed by atoms with Gasteiger partial charge in [0.2, 0.25) is 0 Å². The number of nitrogens with zero attached hydrogens (tertiary/aromatic N) is 1. The van der Waals surface area contributed by atoms with Crippen LogP contribution in [0.25, 0.3) is 0 Å². The minimum atomic E-state index is 0.894. The first-order valence-electron chi connectivity index (χ1n) is 3.70. The molecule has 1 aliphatic heterocycles. The molecule has 2 rings (SSSR count). The summed E-state index contributed by atoms with van der Waals surface area (Å²) in [5, 5.41) is 1.18. The second-order valence-corrected chi connectivity index (χ2v) is 3.85. The van der Waals surface area contributed by atoms with E-state index >= 15 is 0 Å². The Kier molecular flexibility index (Phi) is 1.54. The van der Waals surface area contributed by atoms with Gasteiger partial charge in [-0.15, -0.1) is 0 Å². The Morgan fingerprint density at radius 3 is 2.67 bits per heavy atom. The van der Waals surface area contributed by atoms with Gasteiger partial charge in [0.1, 0.15) is 0 Å². The molecule has 1 unspecified atom stereocenters. The Morgan fingerprint density at radius 2 is 2.22 bits per heavy atom. The third-order valence-corrected chi connectivity index (χ3v) is 2.94. The Hall–Kier alpha value is 0.440. The first kappa shape index (κ1) is 6.17. The van der Waals surface area contributed by atoms with Gasteiger partial charge in [-0.2, -0.15) is 0 Å². The third kappa shape index (κ3) is 1.47. The lowest BCUT2D eigenvalue weighted by Crippen LogP contribution is -2.05. The standard InChI is InChI=1S/C7H12BrN/c8-3-7-5-9(7)4-6-1-2-6/h6-7H,1-5H2/t7-,9?/m0/s1. The average molecular weight is 190 g/mol. The van der Waals surface area contributed by atoms with Crippen LogP contribution >= 0.6 is 15.9 Å². The fraction of sp³-hybridized carbons (Fsp3) is 1.00. The van der Waals surface area contributed by atoms with Crippen LogP contribution in [0, 0.1) is 5.92 Å². The van der Waals surface area contributed by atoms with Crippen molar-refractivity contribution in [2.75, 3.05) is 18.4 Å². The summed E-state index contributed by atoms with van der Waals surface area (Å²) in [4.78, 5) is 2.56. The maximum atomic E-state index is 3.49. The van der Waals surface area contributed by atoms with E-state index in [0.717, 1.165) is 12.0 Å². The van der Waals surface area contributed by atoms with Crippen molar-refractivity contribution in [3.8, 4) is 0 Å². The van der Waals surface area contributed by atoms with E-state index < -0.39 is 0 Å². The molecule has 1 saturated carbocycles. The van der Waals surface area contributed by atoms with Crippen LogP contribution in [0.2, 0.25) is 0 Å². The predicted molar refractivity (Wildman–Crippen MR) is 41.9 cm³/mol. The van der Waals surface area contributed by atoms with Crippen LogP contribution in [0.1, 0.15) is 12.8 Å². The van der Waals surface area contributed by atoms with Crippen molar-refractivity contribution in [3.63, 3.8) is 0 Å². The van der Waals surface area contributed by atoms with E-state index in [1.54, 1.807) is 0 Å². The molecule has 0 spiro atoms. The van der Waals surface area contributed by atoms with Crippen LogP contribution in [0.15, 0.2) is 0 Å². The largest absolute Gasteiger partial charge is 0.296 e. The lowest BCUT2D eigenvalue weighted by atomic mass is 10.4. The van der Waals surface area contributed by atoms with Crippen LogP contribution in [0.3, 0.4) is 0 Å². The van der Waals surface area contributed by atoms with Crippen LogP contribution < -0.4 is 0 Å². The second kappa shape index (κ2) is 2.24. The van der Waals surface area contributed by atoms with Crippen LogP contribution in [0.5, 0.6) is 0 Å². The quantitative estimate of drug-likeness (QED) is 0.481. The van der Waals surface area contributed by atoms with E-state index in [9.17, 15) is 0 Å². The Balaban J connectivity index is 1.65. The summed E-state index contributed by atoms with van der Waals surface area (Å²) in [6, 6.07) is 0.894. The van der Waals surface area contributed by atoms with E-state index in [4.69, 9.17) is 0 Å². The molecule has 0 bridgehead atoms. The molecule has 0 radical (unpaired) electrons. The fourth-order valence-corrected chi connectivity index (χ4v) is 1.84. The highest BCUT2D eigenvalue weighted by Crippen LogP contribution is 2.33. The van der Waals surface area contributed by atoms with Gasteiger partial charge in [0.25, 0.3) is 0 Å². The monoisotopic (exact) mass is 189 g/mol. The Morgan fingerprint density at radius 1 is 1.44 bits per heavy atom. The number of hydrogen-bond donors (Lipinski definition) is 0. The molecule has 2 heteroatoms.